The number of hydrogen-bond acceptors (Lipinski definition) is 5. The number of rotatable bonds is 9. The van der Waals surface area contributed by atoms with E-state index in [-0.39, 0.29) is 24.0 Å². The van der Waals surface area contributed by atoms with Gasteiger partial charge in [-0.1, -0.05) is 6.07 Å². The van der Waals surface area contributed by atoms with E-state index in [9.17, 15) is 0 Å². The molecule has 2 aromatic rings. The summed E-state index contributed by atoms with van der Waals surface area (Å²) in [5.41, 5.74) is 2.28. The van der Waals surface area contributed by atoms with Crippen molar-refractivity contribution in [1.82, 2.24) is 15.6 Å². The van der Waals surface area contributed by atoms with Gasteiger partial charge in [-0.25, -0.2) is 9.98 Å². The minimum atomic E-state index is 0. The van der Waals surface area contributed by atoms with E-state index >= 15 is 0 Å². The number of halogens is 1. The van der Waals surface area contributed by atoms with Crippen molar-refractivity contribution in [1.29, 1.82) is 0 Å². The van der Waals surface area contributed by atoms with Gasteiger partial charge in [0.1, 0.15) is 6.61 Å². The maximum atomic E-state index is 5.45. The maximum absolute atomic E-state index is 5.45. The van der Waals surface area contributed by atoms with Gasteiger partial charge in [0.05, 0.1) is 13.2 Å². The summed E-state index contributed by atoms with van der Waals surface area (Å²) in [6, 6.07) is 5.94. The molecule has 0 aromatic carbocycles. The molecule has 0 spiro atoms. The van der Waals surface area contributed by atoms with Crippen LogP contribution in [0, 0.1) is 0 Å². The highest BCUT2D eigenvalue weighted by atomic mass is 127. The monoisotopic (exact) mass is 476 g/mol. The second kappa shape index (κ2) is 12.9. The Hall–Kier alpha value is -1.39. The van der Waals surface area contributed by atoms with Gasteiger partial charge in [0, 0.05) is 32.5 Å². The van der Waals surface area contributed by atoms with E-state index in [1.54, 1.807) is 24.6 Å². The SMILES string of the molecule is CCNC(=NCc1ccsc1)NCc1ccc(OCCOC)nc1.I. The molecule has 0 atom stereocenters. The van der Waals surface area contributed by atoms with Gasteiger partial charge in [-0.2, -0.15) is 11.3 Å². The zero-order valence-electron chi connectivity index (χ0n) is 14.5. The molecule has 0 saturated carbocycles. The molecule has 2 heterocycles. The van der Waals surface area contributed by atoms with Crippen molar-refractivity contribution in [3.8, 4) is 5.88 Å². The molecule has 138 valence electrons. The van der Waals surface area contributed by atoms with Crippen molar-refractivity contribution in [2.24, 2.45) is 4.99 Å². The van der Waals surface area contributed by atoms with E-state index in [0.29, 0.717) is 32.2 Å². The standard InChI is InChI=1S/C17H24N4O2S.HI/c1-3-18-17(21-12-15-6-9-24-13-15)20-11-14-4-5-16(19-10-14)23-8-7-22-2;/h4-6,9-10,13H,3,7-8,11-12H2,1-2H3,(H2,18,20,21);1H. The van der Waals surface area contributed by atoms with Crippen molar-refractivity contribution in [2.75, 3.05) is 26.9 Å². The fourth-order valence-electron chi connectivity index (χ4n) is 1.91. The minimum absolute atomic E-state index is 0. The van der Waals surface area contributed by atoms with Crippen LogP contribution in [0.1, 0.15) is 18.1 Å². The molecule has 2 aromatic heterocycles. The molecule has 0 bridgehead atoms. The number of guanidine groups is 1. The molecule has 0 unspecified atom stereocenters. The smallest absolute Gasteiger partial charge is 0.213 e. The number of hydrogen-bond donors (Lipinski definition) is 2. The molecule has 25 heavy (non-hydrogen) atoms. The number of thiophene rings is 1. The molecule has 2 N–H and O–H groups in total. The van der Waals surface area contributed by atoms with Crippen LogP contribution in [0.2, 0.25) is 0 Å². The van der Waals surface area contributed by atoms with E-state index in [1.165, 1.54) is 5.56 Å². The van der Waals surface area contributed by atoms with Gasteiger partial charge in [0.25, 0.3) is 0 Å². The number of pyridine rings is 1. The minimum Gasteiger partial charge on any atom is -0.475 e. The molecular formula is C17H25IN4O2S. The largest absolute Gasteiger partial charge is 0.475 e. The van der Waals surface area contributed by atoms with Gasteiger partial charge >= 0.3 is 0 Å². The first-order chi connectivity index (χ1) is 11.8. The van der Waals surface area contributed by atoms with Gasteiger partial charge < -0.3 is 20.1 Å². The summed E-state index contributed by atoms with van der Waals surface area (Å²) in [5.74, 6) is 1.40. The normalized spacial score (nSPS) is 10.9. The molecule has 0 amide bonds. The van der Waals surface area contributed by atoms with Crippen LogP contribution in [0.15, 0.2) is 40.1 Å². The summed E-state index contributed by atoms with van der Waals surface area (Å²) in [6.07, 6.45) is 1.80. The highest BCUT2D eigenvalue weighted by molar-refractivity contribution is 14.0. The van der Waals surface area contributed by atoms with Crippen LogP contribution in [0.5, 0.6) is 5.88 Å². The Morgan fingerprint density at radius 3 is 2.72 bits per heavy atom. The molecule has 0 radical (unpaired) electrons. The lowest BCUT2D eigenvalue weighted by atomic mass is 10.3. The fourth-order valence-corrected chi connectivity index (χ4v) is 2.57. The molecule has 0 saturated heterocycles. The second-order valence-corrected chi connectivity index (χ2v) is 5.81. The zero-order chi connectivity index (χ0) is 17.0. The van der Waals surface area contributed by atoms with Gasteiger partial charge in [0.15, 0.2) is 5.96 Å². The van der Waals surface area contributed by atoms with Crippen molar-refractivity contribution in [2.45, 2.75) is 20.0 Å². The van der Waals surface area contributed by atoms with Crippen LogP contribution in [-0.2, 0) is 17.8 Å². The van der Waals surface area contributed by atoms with Crippen molar-refractivity contribution >= 4 is 41.3 Å². The predicted octanol–water partition coefficient (Wildman–Crippen LogP) is 3.04. The molecule has 6 nitrogen and oxygen atoms in total. The van der Waals surface area contributed by atoms with E-state index < -0.39 is 0 Å². The Balaban J connectivity index is 0.00000312. The van der Waals surface area contributed by atoms with Crippen LogP contribution in [0.25, 0.3) is 0 Å². The average molecular weight is 476 g/mol. The summed E-state index contributed by atoms with van der Waals surface area (Å²) in [4.78, 5) is 8.86. The molecule has 8 heteroatoms. The lowest BCUT2D eigenvalue weighted by Gasteiger charge is -2.11. The molecular weight excluding hydrogens is 451 g/mol. The van der Waals surface area contributed by atoms with Gasteiger partial charge in [-0.3, -0.25) is 0 Å². The van der Waals surface area contributed by atoms with Crippen LogP contribution in [0.3, 0.4) is 0 Å². The number of aliphatic imine (C=N–C) groups is 1. The third kappa shape index (κ3) is 8.50. The van der Waals surface area contributed by atoms with E-state index in [1.807, 2.05) is 12.1 Å². The van der Waals surface area contributed by atoms with Crippen molar-refractivity contribution in [3.05, 3.63) is 46.3 Å². The van der Waals surface area contributed by atoms with Crippen LogP contribution in [0.4, 0.5) is 0 Å². The number of nitrogens with zero attached hydrogens (tertiary/aromatic N) is 2. The van der Waals surface area contributed by atoms with E-state index in [0.717, 1.165) is 18.1 Å². The highest BCUT2D eigenvalue weighted by Crippen LogP contribution is 2.08. The Morgan fingerprint density at radius 2 is 2.08 bits per heavy atom. The van der Waals surface area contributed by atoms with E-state index in [2.05, 4.69) is 44.4 Å². The number of ether oxygens (including phenoxy) is 2. The van der Waals surface area contributed by atoms with Crippen molar-refractivity contribution < 1.29 is 9.47 Å². The van der Waals surface area contributed by atoms with Crippen LogP contribution in [-0.4, -0.2) is 37.8 Å². The molecule has 0 aliphatic rings. The molecule has 0 aliphatic heterocycles. The van der Waals surface area contributed by atoms with Crippen LogP contribution >= 0.6 is 35.3 Å². The molecule has 0 fully saturated rings. The quantitative estimate of drug-likeness (QED) is 0.252. The first-order valence-corrected chi connectivity index (χ1v) is 8.86. The number of nitrogens with one attached hydrogen (secondary N) is 2. The topological polar surface area (TPSA) is 67.8 Å². The molecule has 0 aliphatic carbocycles. The average Bonchev–Trinajstić information content (AvgIpc) is 3.12. The summed E-state index contributed by atoms with van der Waals surface area (Å²) in [6.45, 7) is 5.25. The Labute approximate surface area is 170 Å². The third-order valence-electron chi connectivity index (χ3n) is 3.14. The Morgan fingerprint density at radius 1 is 1.20 bits per heavy atom. The van der Waals surface area contributed by atoms with Crippen LogP contribution < -0.4 is 15.4 Å². The summed E-state index contributed by atoms with van der Waals surface area (Å²) in [5, 5.41) is 10.7. The summed E-state index contributed by atoms with van der Waals surface area (Å²) < 4.78 is 10.4. The van der Waals surface area contributed by atoms with Gasteiger partial charge in [-0.05, 0) is 34.9 Å². The zero-order valence-corrected chi connectivity index (χ0v) is 17.7. The molecule has 2 rings (SSSR count). The first-order valence-electron chi connectivity index (χ1n) is 7.91. The Bertz CT molecular complexity index is 606. The summed E-state index contributed by atoms with van der Waals surface area (Å²) >= 11 is 1.69. The van der Waals surface area contributed by atoms with Gasteiger partial charge in [0.2, 0.25) is 5.88 Å². The number of methoxy groups -OCH3 is 1. The highest BCUT2D eigenvalue weighted by Gasteiger charge is 2.01. The third-order valence-corrected chi connectivity index (χ3v) is 3.87. The van der Waals surface area contributed by atoms with Gasteiger partial charge in [-0.15, -0.1) is 24.0 Å². The fraction of sp³-hybridized carbons (Fsp3) is 0.412. The Kier molecular flexibility index (Phi) is 11.2. The lowest BCUT2D eigenvalue weighted by Crippen LogP contribution is -2.36. The van der Waals surface area contributed by atoms with Crippen molar-refractivity contribution in [3.63, 3.8) is 0 Å². The second-order valence-electron chi connectivity index (χ2n) is 5.03. The number of aromatic nitrogens is 1. The van der Waals surface area contributed by atoms with E-state index in [4.69, 9.17) is 9.47 Å². The summed E-state index contributed by atoms with van der Waals surface area (Å²) in [7, 11) is 1.65. The lowest BCUT2D eigenvalue weighted by molar-refractivity contribution is 0.143. The maximum Gasteiger partial charge on any atom is 0.213 e. The first kappa shape index (κ1) is 21.7. The predicted molar refractivity (Wildman–Crippen MR) is 113 cm³/mol.